The van der Waals surface area contributed by atoms with Gasteiger partial charge in [-0.15, -0.1) is 0 Å². The molecule has 0 aromatic heterocycles. The maximum absolute atomic E-state index is 12.3. The zero-order valence-electron chi connectivity index (χ0n) is 11.2. The quantitative estimate of drug-likeness (QED) is 0.861. The van der Waals surface area contributed by atoms with Crippen LogP contribution in [-0.4, -0.2) is 29.9 Å². The molecule has 2 N–H and O–H groups in total. The van der Waals surface area contributed by atoms with E-state index in [9.17, 15) is 4.79 Å². The summed E-state index contributed by atoms with van der Waals surface area (Å²) >= 11 is 0. The van der Waals surface area contributed by atoms with Gasteiger partial charge in [0.15, 0.2) is 0 Å². The van der Waals surface area contributed by atoms with Crippen LogP contribution in [0.3, 0.4) is 0 Å². The van der Waals surface area contributed by atoms with Gasteiger partial charge in [-0.3, -0.25) is 4.79 Å². The maximum atomic E-state index is 12.3. The molecule has 18 heavy (non-hydrogen) atoms. The van der Waals surface area contributed by atoms with E-state index in [1.807, 2.05) is 18.7 Å². The van der Waals surface area contributed by atoms with Gasteiger partial charge in [-0.05, 0) is 30.9 Å². The molecule has 2 rings (SSSR count). The Bertz CT molecular complexity index is 401. The standard InChI is InChI=1S/C15H22N2O/c1-11(12(2)16)15(18)17-9-7-13-5-3-4-6-14(13)8-10-17/h3-6,11-12H,7-10,16H2,1-2H3. The summed E-state index contributed by atoms with van der Waals surface area (Å²) in [5.41, 5.74) is 8.57. The molecule has 0 spiro atoms. The number of nitrogens with zero attached hydrogens (tertiary/aromatic N) is 1. The second kappa shape index (κ2) is 5.53. The number of amides is 1. The number of benzene rings is 1. The van der Waals surface area contributed by atoms with Gasteiger partial charge in [-0.25, -0.2) is 0 Å². The molecule has 1 aromatic carbocycles. The van der Waals surface area contributed by atoms with Crippen molar-refractivity contribution < 1.29 is 4.79 Å². The van der Waals surface area contributed by atoms with Crippen LogP contribution in [-0.2, 0) is 17.6 Å². The Balaban J connectivity index is 2.06. The van der Waals surface area contributed by atoms with E-state index in [0.29, 0.717) is 0 Å². The van der Waals surface area contributed by atoms with Crippen LogP contribution in [0.15, 0.2) is 24.3 Å². The molecule has 0 saturated carbocycles. The predicted molar refractivity (Wildman–Crippen MR) is 73.2 cm³/mol. The van der Waals surface area contributed by atoms with E-state index in [0.717, 1.165) is 25.9 Å². The number of carbonyl (C=O) groups excluding carboxylic acids is 1. The monoisotopic (exact) mass is 246 g/mol. The molecule has 1 amide bonds. The molecule has 0 saturated heterocycles. The van der Waals surface area contributed by atoms with Gasteiger partial charge >= 0.3 is 0 Å². The Morgan fingerprint density at radius 1 is 1.17 bits per heavy atom. The van der Waals surface area contributed by atoms with Gasteiger partial charge in [0.05, 0.1) is 5.92 Å². The van der Waals surface area contributed by atoms with Crippen molar-refractivity contribution in [3.8, 4) is 0 Å². The molecular weight excluding hydrogens is 224 g/mol. The van der Waals surface area contributed by atoms with E-state index in [2.05, 4.69) is 24.3 Å². The third kappa shape index (κ3) is 2.72. The third-order valence-corrected chi connectivity index (χ3v) is 3.91. The highest BCUT2D eigenvalue weighted by molar-refractivity contribution is 5.79. The summed E-state index contributed by atoms with van der Waals surface area (Å²) in [5.74, 6) is 0.101. The van der Waals surface area contributed by atoms with Crippen LogP contribution in [0.25, 0.3) is 0 Å². The lowest BCUT2D eigenvalue weighted by molar-refractivity contribution is -0.135. The van der Waals surface area contributed by atoms with Crippen LogP contribution in [0.5, 0.6) is 0 Å². The molecule has 98 valence electrons. The molecule has 1 aliphatic rings. The van der Waals surface area contributed by atoms with Crippen molar-refractivity contribution in [2.75, 3.05) is 13.1 Å². The number of nitrogens with two attached hydrogens (primary N) is 1. The first-order valence-corrected chi connectivity index (χ1v) is 6.70. The van der Waals surface area contributed by atoms with Gasteiger partial charge in [0.25, 0.3) is 0 Å². The lowest BCUT2D eigenvalue weighted by Gasteiger charge is -2.25. The second-order valence-corrected chi connectivity index (χ2v) is 5.24. The molecule has 2 atom stereocenters. The van der Waals surface area contributed by atoms with Crippen molar-refractivity contribution in [2.24, 2.45) is 11.7 Å². The van der Waals surface area contributed by atoms with Crippen molar-refractivity contribution in [3.05, 3.63) is 35.4 Å². The van der Waals surface area contributed by atoms with Gasteiger partial charge in [0.1, 0.15) is 0 Å². The summed E-state index contributed by atoms with van der Waals surface area (Å²) < 4.78 is 0. The molecule has 1 aliphatic heterocycles. The summed E-state index contributed by atoms with van der Waals surface area (Å²) in [4.78, 5) is 14.3. The van der Waals surface area contributed by atoms with Crippen LogP contribution in [0.1, 0.15) is 25.0 Å². The molecule has 3 nitrogen and oxygen atoms in total. The van der Waals surface area contributed by atoms with Crippen LogP contribution >= 0.6 is 0 Å². The minimum atomic E-state index is -0.0915. The SMILES string of the molecule is CC(N)C(C)C(=O)N1CCc2ccccc2CC1. The van der Waals surface area contributed by atoms with Gasteiger partial charge in [0.2, 0.25) is 5.91 Å². The van der Waals surface area contributed by atoms with Gasteiger partial charge in [-0.2, -0.15) is 0 Å². The van der Waals surface area contributed by atoms with Crippen LogP contribution < -0.4 is 5.73 Å². The Hall–Kier alpha value is -1.35. The van der Waals surface area contributed by atoms with E-state index in [1.54, 1.807) is 0 Å². The largest absolute Gasteiger partial charge is 0.342 e. The summed E-state index contributed by atoms with van der Waals surface area (Å²) in [6.45, 7) is 5.44. The molecule has 2 unspecified atom stereocenters. The second-order valence-electron chi connectivity index (χ2n) is 5.24. The van der Waals surface area contributed by atoms with Crippen LogP contribution in [0, 0.1) is 5.92 Å². The molecule has 0 aliphatic carbocycles. The average Bonchev–Trinajstić information content (AvgIpc) is 2.59. The van der Waals surface area contributed by atoms with Crippen LogP contribution in [0.4, 0.5) is 0 Å². The smallest absolute Gasteiger partial charge is 0.226 e. The fraction of sp³-hybridized carbons (Fsp3) is 0.533. The summed E-state index contributed by atoms with van der Waals surface area (Å²) in [6, 6.07) is 8.39. The lowest BCUT2D eigenvalue weighted by Crippen LogP contribution is -2.42. The van der Waals surface area contributed by atoms with Crippen molar-refractivity contribution >= 4 is 5.91 Å². The van der Waals surface area contributed by atoms with E-state index in [1.165, 1.54) is 11.1 Å². The highest BCUT2D eigenvalue weighted by Crippen LogP contribution is 2.17. The first-order valence-electron chi connectivity index (χ1n) is 6.70. The molecular formula is C15H22N2O. The summed E-state index contributed by atoms with van der Waals surface area (Å²) in [5, 5.41) is 0. The third-order valence-electron chi connectivity index (χ3n) is 3.91. The van der Waals surface area contributed by atoms with Gasteiger partial charge in [-0.1, -0.05) is 31.2 Å². The average molecular weight is 246 g/mol. The first kappa shape index (κ1) is 13.1. The summed E-state index contributed by atoms with van der Waals surface area (Å²) in [6.07, 6.45) is 1.90. The van der Waals surface area contributed by atoms with Gasteiger partial charge < -0.3 is 10.6 Å². The van der Waals surface area contributed by atoms with Crippen molar-refractivity contribution in [1.82, 2.24) is 4.90 Å². The fourth-order valence-corrected chi connectivity index (χ4v) is 2.40. The maximum Gasteiger partial charge on any atom is 0.226 e. The molecule has 0 bridgehead atoms. The van der Waals surface area contributed by atoms with Crippen molar-refractivity contribution in [2.45, 2.75) is 32.7 Å². The number of hydrogen-bond donors (Lipinski definition) is 1. The van der Waals surface area contributed by atoms with E-state index in [4.69, 9.17) is 5.73 Å². The Morgan fingerprint density at radius 2 is 1.67 bits per heavy atom. The first-order chi connectivity index (χ1) is 8.59. The van der Waals surface area contributed by atoms with Crippen molar-refractivity contribution in [1.29, 1.82) is 0 Å². The normalized spacial score (nSPS) is 18.7. The lowest BCUT2D eigenvalue weighted by atomic mass is 10.0. The van der Waals surface area contributed by atoms with E-state index >= 15 is 0 Å². The highest BCUT2D eigenvalue weighted by Gasteiger charge is 2.24. The topological polar surface area (TPSA) is 46.3 Å². The zero-order chi connectivity index (χ0) is 13.1. The molecule has 1 aromatic rings. The molecule has 0 fully saturated rings. The van der Waals surface area contributed by atoms with Crippen molar-refractivity contribution in [3.63, 3.8) is 0 Å². The Morgan fingerprint density at radius 3 is 2.11 bits per heavy atom. The highest BCUT2D eigenvalue weighted by atomic mass is 16.2. The number of fused-ring (bicyclic) bond motifs is 1. The van der Waals surface area contributed by atoms with Gasteiger partial charge in [0, 0.05) is 19.1 Å². The molecule has 0 radical (unpaired) electrons. The summed E-state index contributed by atoms with van der Waals surface area (Å²) in [7, 11) is 0. The zero-order valence-corrected chi connectivity index (χ0v) is 11.2. The minimum Gasteiger partial charge on any atom is -0.342 e. The number of carbonyl (C=O) groups is 1. The molecule has 3 heteroatoms. The number of hydrogen-bond acceptors (Lipinski definition) is 2. The van der Waals surface area contributed by atoms with E-state index in [-0.39, 0.29) is 17.9 Å². The Labute approximate surface area is 109 Å². The van der Waals surface area contributed by atoms with Crippen LogP contribution in [0.2, 0.25) is 0 Å². The minimum absolute atomic E-state index is 0.0804. The fourth-order valence-electron chi connectivity index (χ4n) is 2.40. The van der Waals surface area contributed by atoms with E-state index < -0.39 is 0 Å². The predicted octanol–water partition coefficient (Wildman–Crippen LogP) is 1.60. The Kier molecular flexibility index (Phi) is 4.02. The molecule has 1 heterocycles. The number of rotatable bonds is 2.